The molecule has 0 spiro atoms. The molecule has 2 atom stereocenters. The van der Waals surface area contributed by atoms with E-state index in [9.17, 15) is 0 Å². The van der Waals surface area contributed by atoms with Gasteiger partial charge in [0.25, 0.3) is 0 Å². The zero-order valence-electron chi connectivity index (χ0n) is 29.9. The lowest BCUT2D eigenvalue weighted by Gasteiger charge is -2.23. The molecule has 0 saturated heterocycles. The molecule has 0 radical (unpaired) electrons. The molecule has 2 heterocycles. The molecule has 1 aliphatic carbocycles. The number of rotatable bonds is 8. The maximum Gasteiger partial charge on any atom is 0.0704 e. The van der Waals surface area contributed by atoms with Crippen LogP contribution in [0.15, 0.2) is 180 Å². The van der Waals surface area contributed by atoms with E-state index in [1.807, 2.05) is 6.08 Å². The molecule has 1 saturated carbocycles. The van der Waals surface area contributed by atoms with E-state index in [1.165, 1.54) is 44.1 Å². The third-order valence-electron chi connectivity index (χ3n) is 11.2. The monoisotopic (exact) mass is 671 g/mol. The predicted molar refractivity (Wildman–Crippen MR) is 220 cm³/mol. The van der Waals surface area contributed by atoms with Gasteiger partial charge in [-0.2, -0.15) is 0 Å². The summed E-state index contributed by atoms with van der Waals surface area (Å²) < 4.78 is 2.40. The van der Waals surface area contributed by atoms with Gasteiger partial charge in [0.15, 0.2) is 0 Å². The molecule has 7 aromatic rings. The highest BCUT2D eigenvalue weighted by molar-refractivity contribution is 6.16. The second-order valence-corrected chi connectivity index (χ2v) is 14.7. The smallest absolute Gasteiger partial charge is 0.0704 e. The molecule has 252 valence electrons. The van der Waals surface area contributed by atoms with Gasteiger partial charge in [-0.05, 0) is 76.9 Å². The number of aliphatic imine (C=N–C) groups is 2. The normalized spacial score (nSPS) is 17.9. The van der Waals surface area contributed by atoms with Crippen LogP contribution in [0.2, 0.25) is 0 Å². The first-order valence-corrected chi connectivity index (χ1v) is 18.3. The van der Waals surface area contributed by atoms with E-state index >= 15 is 0 Å². The van der Waals surface area contributed by atoms with E-state index in [-0.39, 0.29) is 5.41 Å². The lowest BCUT2D eigenvalue weighted by molar-refractivity contribution is 0.684. The standard InChI is InChI=1S/C49H41N3/c1-5-43(50-47(35-19-11-7-12-20-35)41-29-39(41)32(2)33-17-9-6-10-18-33)34-25-27-37(28-26-34)52-45-24-16-15-23-38(45)40-30-44-42(31-46(40)52)49(3,4)48(51-44)36-21-13-8-14-22-36/h5-28,30-32,39H,1,29H2,2-4H3. The predicted octanol–water partition coefficient (Wildman–Crippen LogP) is 12.4. The molecule has 3 heteroatoms. The Morgan fingerprint density at radius 2 is 1.40 bits per heavy atom. The molecule has 0 bridgehead atoms. The quantitative estimate of drug-likeness (QED) is 0.144. The molecule has 2 unspecified atom stereocenters. The van der Waals surface area contributed by atoms with E-state index in [0.29, 0.717) is 11.8 Å². The highest BCUT2D eigenvalue weighted by Gasteiger charge is 2.39. The molecular formula is C49H41N3. The molecule has 3 nitrogen and oxygen atoms in total. The van der Waals surface area contributed by atoms with Crippen molar-refractivity contribution < 1.29 is 0 Å². The number of hydrogen-bond acceptors (Lipinski definition) is 2. The molecule has 52 heavy (non-hydrogen) atoms. The van der Waals surface area contributed by atoms with Gasteiger partial charge in [0.2, 0.25) is 0 Å². The van der Waals surface area contributed by atoms with Crippen LogP contribution in [-0.4, -0.2) is 16.0 Å². The third kappa shape index (κ3) is 5.36. The van der Waals surface area contributed by atoms with Gasteiger partial charge in [-0.3, -0.25) is 4.99 Å². The largest absolute Gasteiger partial charge is 0.309 e. The number of aromatic nitrogens is 1. The van der Waals surface area contributed by atoms with Crippen LogP contribution in [-0.2, 0) is 5.41 Å². The van der Waals surface area contributed by atoms with Crippen molar-refractivity contribution >= 4 is 44.6 Å². The van der Waals surface area contributed by atoms with Crippen molar-refractivity contribution in [1.82, 2.24) is 4.57 Å². The number of fused-ring (bicyclic) bond motifs is 4. The highest BCUT2D eigenvalue weighted by Crippen LogP contribution is 2.52. The van der Waals surface area contributed by atoms with Crippen LogP contribution in [0.3, 0.4) is 0 Å². The Kier molecular flexibility index (Phi) is 7.73. The van der Waals surface area contributed by atoms with E-state index in [2.05, 4.69) is 184 Å². The maximum atomic E-state index is 5.36. The van der Waals surface area contributed by atoms with E-state index in [4.69, 9.17) is 9.98 Å². The lowest BCUT2D eigenvalue weighted by Crippen LogP contribution is -2.26. The fraction of sp³-hybridized carbons (Fsp3) is 0.143. The first-order chi connectivity index (χ1) is 25.4. The van der Waals surface area contributed by atoms with E-state index in [0.717, 1.165) is 46.0 Å². The van der Waals surface area contributed by atoms with Crippen LogP contribution < -0.4 is 0 Å². The molecule has 1 aliphatic heterocycles. The van der Waals surface area contributed by atoms with Crippen molar-refractivity contribution in [3.05, 3.63) is 198 Å². The van der Waals surface area contributed by atoms with Crippen molar-refractivity contribution in [1.29, 1.82) is 0 Å². The Balaban J connectivity index is 1.11. The minimum absolute atomic E-state index is 0.226. The summed E-state index contributed by atoms with van der Waals surface area (Å²) >= 11 is 0. The van der Waals surface area contributed by atoms with Gasteiger partial charge >= 0.3 is 0 Å². The molecule has 9 rings (SSSR count). The van der Waals surface area contributed by atoms with E-state index < -0.39 is 0 Å². The van der Waals surface area contributed by atoms with Crippen LogP contribution in [0.5, 0.6) is 0 Å². The molecular weight excluding hydrogens is 631 g/mol. The summed E-state index contributed by atoms with van der Waals surface area (Å²) in [4.78, 5) is 10.6. The summed E-state index contributed by atoms with van der Waals surface area (Å²) in [7, 11) is 0. The number of nitrogens with zero attached hydrogens (tertiary/aromatic N) is 3. The molecule has 1 aromatic heterocycles. The highest BCUT2D eigenvalue weighted by atomic mass is 15.0. The summed E-state index contributed by atoms with van der Waals surface area (Å²) in [5.41, 5.74) is 14.8. The fourth-order valence-electron chi connectivity index (χ4n) is 8.25. The van der Waals surface area contributed by atoms with Gasteiger partial charge in [-0.1, -0.05) is 149 Å². The maximum absolute atomic E-state index is 5.36. The summed E-state index contributed by atoms with van der Waals surface area (Å²) in [6.07, 6.45) is 2.95. The molecule has 0 amide bonds. The van der Waals surface area contributed by atoms with Crippen LogP contribution >= 0.6 is 0 Å². The van der Waals surface area contributed by atoms with Gasteiger partial charge in [0.1, 0.15) is 0 Å². The Labute approximate surface area is 306 Å². The zero-order valence-corrected chi connectivity index (χ0v) is 29.9. The van der Waals surface area contributed by atoms with E-state index in [1.54, 1.807) is 0 Å². The second kappa shape index (κ2) is 12.6. The second-order valence-electron chi connectivity index (χ2n) is 14.7. The summed E-state index contributed by atoms with van der Waals surface area (Å²) in [5, 5.41) is 2.44. The average molecular weight is 672 g/mol. The Hall–Kier alpha value is -6.06. The van der Waals surface area contributed by atoms with Crippen LogP contribution in [0.4, 0.5) is 5.69 Å². The van der Waals surface area contributed by atoms with Gasteiger partial charge < -0.3 is 4.57 Å². The number of allylic oxidation sites excluding steroid dienone is 2. The Bertz CT molecular complexity index is 2570. The number of para-hydroxylation sites is 1. The van der Waals surface area contributed by atoms with Crippen molar-refractivity contribution in [3.8, 4) is 5.69 Å². The molecule has 0 N–H and O–H groups in total. The number of hydrogen-bond donors (Lipinski definition) is 0. The molecule has 6 aromatic carbocycles. The molecule has 2 aliphatic rings. The van der Waals surface area contributed by atoms with Crippen LogP contribution in [0.1, 0.15) is 60.9 Å². The Morgan fingerprint density at radius 1 is 0.750 bits per heavy atom. The van der Waals surface area contributed by atoms with Gasteiger partial charge in [-0.25, -0.2) is 4.99 Å². The summed E-state index contributed by atoms with van der Waals surface area (Å²) in [6, 6.07) is 54.2. The van der Waals surface area contributed by atoms with Crippen molar-refractivity contribution in [2.24, 2.45) is 15.9 Å². The summed E-state index contributed by atoms with van der Waals surface area (Å²) in [5.74, 6) is 0.914. The average Bonchev–Trinajstić information content (AvgIpc) is 3.86. The van der Waals surface area contributed by atoms with Crippen molar-refractivity contribution in [2.75, 3.05) is 0 Å². The van der Waals surface area contributed by atoms with Gasteiger partial charge in [0, 0.05) is 33.0 Å². The minimum atomic E-state index is -0.226. The third-order valence-corrected chi connectivity index (χ3v) is 11.2. The fourth-order valence-corrected chi connectivity index (χ4v) is 8.25. The van der Waals surface area contributed by atoms with Crippen molar-refractivity contribution in [3.63, 3.8) is 0 Å². The van der Waals surface area contributed by atoms with Gasteiger partial charge in [-0.15, -0.1) is 0 Å². The lowest BCUT2D eigenvalue weighted by atomic mass is 9.79. The molecule has 1 fully saturated rings. The van der Waals surface area contributed by atoms with Crippen molar-refractivity contribution in [2.45, 2.75) is 38.5 Å². The zero-order chi connectivity index (χ0) is 35.4. The Morgan fingerprint density at radius 3 is 2.12 bits per heavy atom. The number of benzene rings is 6. The van der Waals surface area contributed by atoms with Gasteiger partial charge in [0.05, 0.1) is 33.8 Å². The van der Waals surface area contributed by atoms with Crippen LogP contribution in [0.25, 0.3) is 33.2 Å². The SMILES string of the molecule is C=CC(=NC(=C1CC1C(C)c1ccccc1)c1ccccc1)c1ccc(-n2c3ccccc3c3cc4c(cc32)C(C)(C)C(c2ccccc2)=N4)cc1. The topological polar surface area (TPSA) is 29.6 Å². The minimum Gasteiger partial charge on any atom is -0.309 e. The first-order valence-electron chi connectivity index (χ1n) is 18.3. The van der Waals surface area contributed by atoms with Crippen LogP contribution in [0, 0.1) is 5.92 Å². The first kappa shape index (κ1) is 31.9. The summed E-state index contributed by atoms with van der Waals surface area (Å²) in [6.45, 7) is 11.1.